The molecule has 0 bridgehead atoms. The Balaban J connectivity index is 1.22. The number of hydrogen-bond acceptors (Lipinski definition) is 1. The lowest BCUT2D eigenvalue weighted by molar-refractivity contribution is 0.660. The van der Waals surface area contributed by atoms with Gasteiger partial charge in [-0.05, 0) is 93.0 Å². The standard InChI is InChI=1S/C51H38N2/c1-51(2)44-33-32-39(34-43(44)50-40(22-15-23-45(50)51)37-18-7-4-8-19-37)52(38-30-28-36(29-31-38)35-16-5-3-6-17-35)48-26-13-14-27-49(48)53-46-24-11-9-20-41(46)42-21-10-12-25-47(42)53/h3-34H,1-2H3. The summed E-state index contributed by atoms with van der Waals surface area (Å²) in [5.41, 5.74) is 17.0. The molecule has 53 heavy (non-hydrogen) atoms. The summed E-state index contributed by atoms with van der Waals surface area (Å²) in [4.78, 5) is 2.45. The summed E-state index contributed by atoms with van der Waals surface area (Å²) in [5.74, 6) is 0. The number of hydrogen-bond donors (Lipinski definition) is 0. The second-order valence-electron chi connectivity index (χ2n) is 14.6. The van der Waals surface area contributed by atoms with Gasteiger partial charge in [-0.25, -0.2) is 0 Å². The lowest BCUT2D eigenvalue weighted by atomic mass is 9.82. The number of rotatable bonds is 6. The molecular weight excluding hydrogens is 641 g/mol. The van der Waals surface area contributed by atoms with Gasteiger partial charge < -0.3 is 9.47 Å². The third-order valence-electron chi connectivity index (χ3n) is 11.2. The highest BCUT2D eigenvalue weighted by molar-refractivity contribution is 6.10. The van der Waals surface area contributed by atoms with E-state index in [4.69, 9.17) is 0 Å². The van der Waals surface area contributed by atoms with E-state index in [2.05, 4.69) is 217 Å². The van der Waals surface area contributed by atoms with Crippen LogP contribution in [0.5, 0.6) is 0 Å². The molecule has 9 aromatic rings. The van der Waals surface area contributed by atoms with Crippen LogP contribution in [0.1, 0.15) is 25.0 Å². The summed E-state index contributed by atoms with van der Waals surface area (Å²) in [6, 6.07) is 70.8. The van der Waals surface area contributed by atoms with Gasteiger partial charge in [0, 0.05) is 27.6 Å². The predicted molar refractivity (Wildman–Crippen MR) is 224 cm³/mol. The summed E-state index contributed by atoms with van der Waals surface area (Å²) in [6.07, 6.45) is 0. The molecule has 2 nitrogen and oxygen atoms in total. The number of aromatic nitrogens is 1. The lowest BCUT2D eigenvalue weighted by Crippen LogP contribution is -2.16. The minimum atomic E-state index is -0.128. The summed E-state index contributed by atoms with van der Waals surface area (Å²) in [6.45, 7) is 4.73. The molecule has 1 aliphatic rings. The van der Waals surface area contributed by atoms with E-state index >= 15 is 0 Å². The minimum Gasteiger partial charge on any atom is -0.308 e. The Morgan fingerprint density at radius 3 is 1.68 bits per heavy atom. The van der Waals surface area contributed by atoms with Gasteiger partial charge in [-0.15, -0.1) is 0 Å². The molecule has 0 radical (unpaired) electrons. The molecule has 0 saturated heterocycles. The van der Waals surface area contributed by atoms with Crippen molar-refractivity contribution in [2.75, 3.05) is 4.90 Å². The molecule has 10 rings (SSSR count). The number of para-hydroxylation sites is 4. The molecule has 2 heteroatoms. The van der Waals surface area contributed by atoms with Gasteiger partial charge in [0.25, 0.3) is 0 Å². The van der Waals surface area contributed by atoms with Crippen LogP contribution in [0, 0.1) is 0 Å². The number of fused-ring (bicyclic) bond motifs is 6. The Morgan fingerprint density at radius 1 is 0.415 bits per heavy atom. The van der Waals surface area contributed by atoms with E-state index in [0.717, 1.165) is 22.7 Å². The maximum absolute atomic E-state index is 2.45. The van der Waals surface area contributed by atoms with Crippen LogP contribution in [0.15, 0.2) is 194 Å². The first-order chi connectivity index (χ1) is 26.1. The van der Waals surface area contributed by atoms with Crippen molar-refractivity contribution in [3.63, 3.8) is 0 Å². The number of anilines is 3. The average molecular weight is 679 g/mol. The molecule has 1 aliphatic carbocycles. The molecule has 0 atom stereocenters. The zero-order valence-electron chi connectivity index (χ0n) is 29.9. The molecule has 0 unspecified atom stereocenters. The minimum absolute atomic E-state index is 0.128. The summed E-state index contributed by atoms with van der Waals surface area (Å²) < 4.78 is 2.44. The van der Waals surface area contributed by atoms with Crippen LogP contribution in [0.2, 0.25) is 0 Å². The van der Waals surface area contributed by atoms with Crippen molar-refractivity contribution in [3.8, 4) is 39.1 Å². The van der Waals surface area contributed by atoms with Crippen molar-refractivity contribution in [1.29, 1.82) is 0 Å². The molecule has 0 spiro atoms. The first-order valence-corrected chi connectivity index (χ1v) is 18.4. The summed E-state index contributed by atoms with van der Waals surface area (Å²) in [5, 5.41) is 2.50. The van der Waals surface area contributed by atoms with Crippen molar-refractivity contribution in [2.45, 2.75) is 19.3 Å². The van der Waals surface area contributed by atoms with Gasteiger partial charge in [0.05, 0.1) is 22.4 Å². The van der Waals surface area contributed by atoms with Gasteiger partial charge in [0.15, 0.2) is 0 Å². The topological polar surface area (TPSA) is 8.17 Å². The number of nitrogens with zero attached hydrogens (tertiary/aromatic N) is 2. The van der Waals surface area contributed by atoms with E-state index in [1.807, 2.05) is 0 Å². The predicted octanol–water partition coefficient (Wildman–Crippen LogP) is 13.9. The maximum Gasteiger partial charge on any atom is 0.0702 e. The first-order valence-electron chi connectivity index (χ1n) is 18.4. The Kier molecular flexibility index (Phi) is 7.19. The molecule has 1 aromatic heterocycles. The molecule has 0 saturated carbocycles. The van der Waals surface area contributed by atoms with Gasteiger partial charge in [0.2, 0.25) is 0 Å². The second kappa shape index (κ2) is 12.3. The summed E-state index contributed by atoms with van der Waals surface area (Å²) in [7, 11) is 0. The average Bonchev–Trinajstić information content (AvgIpc) is 3.67. The Bertz CT molecular complexity index is 2740. The number of benzene rings is 8. The van der Waals surface area contributed by atoms with Crippen LogP contribution in [0.3, 0.4) is 0 Å². The van der Waals surface area contributed by atoms with Gasteiger partial charge in [0.1, 0.15) is 0 Å². The van der Waals surface area contributed by atoms with E-state index in [1.165, 1.54) is 66.3 Å². The monoisotopic (exact) mass is 678 g/mol. The molecule has 0 fully saturated rings. The van der Waals surface area contributed by atoms with Crippen molar-refractivity contribution < 1.29 is 0 Å². The fourth-order valence-corrected chi connectivity index (χ4v) is 8.68. The third kappa shape index (κ3) is 4.94. The van der Waals surface area contributed by atoms with Crippen LogP contribution in [-0.2, 0) is 5.41 Å². The fourth-order valence-electron chi connectivity index (χ4n) is 8.68. The normalized spacial score (nSPS) is 12.9. The van der Waals surface area contributed by atoms with E-state index in [1.54, 1.807) is 0 Å². The quantitative estimate of drug-likeness (QED) is 0.170. The van der Waals surface area contributed by atoms with Crippen LogP contribution in [0.25, 0.3) is 60.9 Å². The van der Waals surface area contributed by atoms with Gasteiger partial charge in [-0.2, -0.15) is 0 Å². The SMILES string of the molecule is CC1(C)c2ccc(N(c3ccc(-c4ccccc4)cc3)c3ccccc3-n3c4ccccc4c4ccccc43)cc2-c2c(-c3ccccc3)cccc21. The van der Waals surface area contributed by atoms with Crippen LogP contribution >= 0.6 is 0 Å². The van der Waals surface area contributed by atoms with E-state index < -0.39 is 0 Å². The molecule has 0 N–H and O–H groups in total. The molecule has 8 aromatic carbocycles. The summed E-state index contributed by atoms with van der Waals surface area (Å²) >= 11 is 0. The molecular formula is C51H38N2. The Hall–Kier alpha value is -6.64. The van der Waals surface area contributed by atoms with Crippen LogP contribution in [0.4, 0.5) is 17.1 Å². The molecule has 1 heterocycles. The van der Waals surface area contributed by atoms with E-state index in [0.29, 0.717) is 0 Å². The highest BCUT2D eigenvalue weighted by atomic mass is 15.2. The zero-order chi connectivity index (χ0) is 35.5. The van der Waals surface area contributed by atoms with Crippen LogP contribution in [-0.4, -0.2) is 4.57 Å². The molecule has 0 amide bonds. The Labute approximate surface area is 310 Å². The van der Waals surface area contributed by atoms with Crippen LogP contribution < -0.4 is 4.90 Å². The maximum atomic E-state index is 2.45. The smallest absolute Gasteiger partial charge is 0.0702 e. The van der Waals surface area contributed by atoms with Gasteiger partial charge in [-0.1, -0.05) is 159 Å². The van der Waals surface area contributed by atoms with Crippen molar-refractivity contribution in [1.82, 2.24) is 4.57 Å². The van der Waals surface area contributed by atoms with E-state index in [9.17, 15) is 0 Å². The Morgan fingerprint density at radius 2 is 0.981 bits per heavy atom. The highest BCUT2D eigenvalue weighted by Gasteiger charge is 2.37. The molecule has 0 aliphatic heterocycles. The second-order valence-corrected chi connectivity index (χ2v) is 14.6. The van der Waals surface area contributed by atoms with Crippen molar-refractivity contribution in [2.24, 2.45) is 0 Å². The zero-order valence-corrected chi connectivity index (χ0v) is 29.9. The van der Waals surface area contributed by atoms with Crippen molar-refractivity contribution in [3.05, 3.63) is 205 Å². The van der Waals surface area contributed by atoms with Crippen molar-refractivity contribution >= 4 is 38.9 Å². The first kappa shape index (κ1) is 31.1. The third-order valence-corrected chi connectivity index (χ3v) is 11.2. The largest absolute Gasteiger partial charge is 0.308 e. The lowest BCUT2D eigenvalue weighted by Gasteiger charge is -2.29. The fraction of sp³-hybridized carbons (Fsp3) is 0.0588. The molecule has 252 valence electrons. The van der Waals surface area contributed by atoms with Gasteiger partial charge in [-0.3, -0.25) is 0 Å². The van der Waals surface area contributed by atoms with Gasteiger partial charge >= 0.3 is 0 Å². The van der Waals surface area contributed by atoms with E-state index in [-0.39, 0.29) is 5.41 Å². The highest BCUT2D eigenvalue weighted by Crippen LogP contribution is 2.54.